The van der Waals surface area contributed by atoms with E-state index in [2.05, 4.69) is 28.5 Å². The number of nitrogens with zero attached hydrogens (tertiary/aromatic N) is 3. The van der Waals surface area contributed by atoms with Crippen molar-refractivity contribution in [1.29, 1.82) is 0 Å². The molecule has 1 fully saturated rings. The second-order valence-corrected chi connectivity index (χ2v) is 6.51. The van der Waals surface area contributed by atoms with Gasteiger partial charge in [0.2, 0.25) is 5.95 Å². The third-order valence-corrected chi connectivity index (χ3v) is 4.93. The molecule has 0 spiro atoms. The molecule has 2 aromatic rings. The van der Waals surface area contributed by atoms with E-state index in [4.69, 9.17) is 9.97 Å². The van der Waals surface area contributed by atoms with Crippen LogP contribution in [0.4, 0.5) is 11.8 Å². The summed E-state index contributed by atoms with van der Waals surface area (Å²) in [6.45, 7) is 6.19. The summed E-state index contributed by atoms with van der Waals surface area (Å²) in [4.78, 5) is 14.3. The lowest BCUT2D eigenvalue weighted by molar-refractivity contribution is 0.581. The fraction of sp³-hybridized carbons (Fsp3) is 0.600. The van der Waals surface area contributed by atoms with E-state index in [1.54, 1.807) is 0 Å². The Hall–Kier alpha value is -1.40. The maximum Gasteiger partial charge on any atom is 0.228 e. The minimum absolute atomic E-state index is 0.859. The average molecular weight is 305 g/mol. The number of aromatic nitrogens is 2. The molecule has 2 N–H and O–H groups in total. The lowest BCUT2D eigenvalue weighted by atomic mass is 10.2. The highest BCUT2D eigenvalue weighted by molar-refractivity contribution is 7.18. The highest BCUT2D eigenvalue weighted by Gasteiger charge is 2.17. The number of nitrogens with one attached hydrogen (secondary N) is 2. The van der Waals surface area contributed by atoms with Gasteiger partial charge in [-0.05, 0) is 18.9 Å². The topological polar surface area (TPSA) is 53.1 Å². The molecule has 5 nitrogen and oxygen atoms in total. The van der Waals surface area contributed by atoms with Gasteiger partial charge in [-0.15, -0.1) is 11.3 Å². The molecule has 0 aromatic carbocycles. The second kappa shape index (κ2) is 6.58. The first-order valence-electron chi connectivity index (χ1n) is 7.75. The van der Waals surface area contributed by atoms with Gasteiger partial charge in [-0.3, -0.25) is 0 Å². The number of fused-ring (bicyclic) bond motifs is 1. The molecular formula is C15H23N5S. The molecule has 2 aromatic heterocycles. The molecule has 6 heteroatoms. The third-order valence-electron chi connectivity index (χ3n) is 3.85. The highest BCUT2D eigenvalue weighted by atomic mass is 32.1. The van der Waals surface area contributed by atoms with Gasteiger partial charge in [-0.25, -0.2) is 4.98 Å². The first-order chi connectivity index (χ1) is 10.3. The molecule has 114 valence electrons. The molecular weight excluding hydrogens is 282 g/mol. The highest BCUT2D eigenvalue weighted by Crippen LogP contribution is 2.31. The molecule has 3 heterocycles. The van der Waals surface area contributed by atoms with E-state index in [1.807, 2.05) is 18.4 Å². The van der Waals surface area contributed by atoms with Crippen molar-refractivity contribution in [3.63, 3.8) is 0 Å². The Morgan fingerprint density at radius 1 is 1.33 bits per heavy atom. The summed E-state index contributed by atoms with van der Waals surface area (Å²) < 4.78 is 0. The Kier molecular flexibility index (Phi) is 4.55. The predicted molar refractivity (Wildman–Crippen MR) is 90.7 cm³/mol. The first kappa shape index (κ1) is 14.5. The number of hydrogen-bond donors (Lipinski definition) is 2. The number of hydrogen-bond acceptors (Lipinski definition) is 6. The van der Waals surface area contributed by atoms with Gasteiger partial charge in [0.05, 0.1) is 5.39 Å². The molecule has 1 saturated heterocycles. The van der Waals surface area contributed by atoms with Gasteiger partial charge in [0.1, 0.15) is 10.6 Å². The quantitative estimate of drug-likeness (QED) is 0.889. The Morgan fingerprint density at radius 3 is 2.86 bits per heavy atom. The van der Waals surface area contributed by atoms with E-state index in [1.165, 1.54) is 17.7 Å². The molecule has 1 aliphatic heterocycles. The monoisotopic (exact) mass is 305 g/mol. The predicted octanol–water partition coefficient (Wildman–Crippen LogP) is 2.49. The summed E-state index contributed by atoms with van der Waals surface area (Å²) in [6.07, 6.45) is 3.61. The molecule has 0 bridgehead atoms. The lowest BCUT2D eigenvalue weighted by Gasteiger charge is -2.27. The number of anilines is 2. The van der Waals surface area contributed by atoms with Crippen molar-refractivity contribution in [2.45, 2.75) is 26.2 Å². The van der Waals surface area contributed by atoms with Crippen LogP contribution in [-0.4, -0.2) is 43.2 Å². The van der Waals surface area contributed by atoms with Crippen LogP contribution in [0.3, 0.4) is 0 Å². The van der Waals surface area contributed by atoms with Crippen molar-refractivity contribution in [1.82, 2.24) is 15.3 Å². The number of thiophene rings is 1. The van der Waals surface area contributed by atoms with E-state index in [9.17, 15) is 0 Å². The molecule has 0 saturated carbocycles. The van der Waals surface area contributed by atoms with Crippen LogP contribution in [0.5, 0.6) is 0 Å². The van der Waals surface area contributed by atoms with Crippen LogP contribution < -0.4 is 15.5 Å². The Bertz CT molecular complexity index is 603. The zero-order chi connectivity index (χ0) is 14.7. The summed E-state index contributed by atoms with van der Waals surface area (Å²) in [6, 6.07) is 2.25. The maximum absolute atomic E-state index is 4.80. The van der Waals surface area contributed by atoms with Crippen molar-refractivity contribution < 1.29 is 0 Å². The zero-order valence-corrected chi connectivity index (χ0v) is 13.6. The summed E-state index contributed by atoms with van der Waals surface area (Å²) >= 11 is 1.81. The van der Waals surface area contributed by atoms with Gasteiger partial charge in [0.25, 0.3) is 0 Å². The summed E-state index contributed by atoms with van der Waals surface area (Å²) in [5.41, 5.74) is 0. The zero-order valence-electron chi connectivity index (χ0n) is 12.8. The van der Waals surface area contributed by atoms with Crippen molar-refractivity contribution in [3.8, 4) is 0 Å². The standard InChI is InChI=1S/C15H23N5S/c1-3-4-5-11-10-12-13(16-2)18-15(19-14(12)21-11)20-8-6-17-7-9-20/h10,17H,3-9H2,1-2H3,(H,16,18,19). The molecule has 1 aliphatic rings. The number of piperazine rings is 1. The number of aryl methyl sites for hydroxylation is 1. The third kappa shape index (κ3) is 3.11. The van der Waals surface area contributed by atoms with E-state index in [0.717, 1.165) is 54.6 Å². The molecule has 21 heavy (non-hydrogen) atoms. The van der Waals surface area contributed by atoms with Crippen LogP contribution in [-0.2, 0) is 6.42 Å². The Morgan fingerprint density at radius 2 is 2.14 bits per heavy atom. The average Bonchev–Trinajstić information content (AvgIpc) is 2.95. The molecule has 0 aliphatic carbocycles. The smallest absolute Gasteiger partial charge is 0.228 e. The van der Waals surface area contributed by atoms with E-state index < -0.39 is 0 Å². The van der Waals surface area contributed by atoms with Crippen LogP contribution in [0.2, 0.25) is 0 Å². The van der Waals surface area contributed by atoms with Crippen molar-refractivity contribution in [3.05, 3.63) is 10.9 Å². The van der Waals surface area contributed by atoms with Crippen LogP contribution >= 0.6 is 11.3 Å². The molecule has 0 unspecified atom stereocenters. The van der Waals surface area contributed by atoms with Crippen LogP contribution in [0, 0.1) is 0 Å². The van der Waals surface area contributed by atoms with Crippen molar-refractivity contribution >= 4 is 33.3 Å². The van der Waals surface area contributed by atoms with Gasteiger partial charge >= 0.3 is 0 Å². The minimum Gasteiger partial charge on any atom is -0.372 e. The van der Waals surface area contributed by atoms with Crippen LogP contribution in [0.1, 0.15) is 24.6 Å². The van der Waals surface area contributed by atoms with E-state index in [0.29, 0.717) is 0 Å². The maximum atomic E-state index is 4.80. The Labute approximate surface area is 129 Å². The first-order valence-corrected chi connectivity index (χ1v) is 8.57. The fourth-order valence-corrected chi connectivity index (χ4v) is 3.70. The largest absolute Gasteiger partial charge is 0.372 e. The fourth-order valence-electron chi connectivity index (χ4n) is 2.63. The van der Waals surface area contributed by atoms with Crippen molar-refractivity contribution in [2.75, 3.05) is 43.4 Å². The number of unbranched alkanes of at least 4 members (excludes halogenated alkanes) is 1. The molecule has 3 rings (SSSR count). The Balaban J connectivity index is 1.95. The molecule has 0 radical (unpaired) electrons. The van der Waals surface area contributed by atoms with Gasteiger partial charge < -0.3 is 15.5 Å². The number of rotatable bonds is 5. The van der Waals surface area contributed by atoms with Gasteiger partial charge in [0, 0.05) is 38.1 Å². The van der Waals surface area contributed by atoms with E-state index in [-0.39, 0.29) is 0 Å². The summed E-state index contributed by atoms with van der Waals surface area (Å²) in [5, 5.41) is 7.76. The van der Waals surface area contributed by atoms with Crippen LogP contribution in [0.15, 0.2) is 6.07 Å². The van der Waals surface area contributed by atoms with Gasteiger partial charge in [-0.2, -0.15) is 4.98 Å². The summed E-state index contributed by atoms with van der Waals surface area (Å²) in [5.74, 6) is 1.81. The van der Waals surface area contributed by atoms with Crippen molar-refractivity contribution in [2.24, 2.45) is 0 Å². The lowest BCUT2D eigenvalue weighted by Crippen LogP contribution is -2.44. The SMILES string of the molecule is CCCCc1cc2c(NC)nc(N3CCNCC3)nc2s1. The van der Waals surface area contributed by atoms with Gasteiger partial charge in [-0.1, -0.05) is 13.3 Å². The second-order valence-electron chi connectivity index (χ2n) is 5.39. The van der Waals surface area contributed by atoms with E-state index >= 15 is 0 Å². The minimum atomic E-state index is 0.859. The normalized spacial score (nSPS) is 15.6. The molecule has 0 atom stereocenters. The molecule has 0 amide bonds. The van der Waals surface area contributed by atoms with Crippen LogP contribution in [0.25, 0.3) is 10.2 Å². The van der Waals surface area contributed by atoms with Gasteiger partial charge in [0.15, 0.2) is 0 Å². The summed E-state index contributed by atoms with van der Waals surface area (Å²) in [7, 11) is 1.94.